The number of urea groups is 1. The lowest BCUT2D eigenvalue weighted by molar-refractivity contribution is -0.133. The molecule has 10 nitrogen and oxygen atoms in total. The number of aromatic nitrogens is 1. The van der Waals surface area contributed by atoms with Crippen molar-refractivity contribution in [1.82, 2.24) is 24.4 Å². The molecule has 35 heavy (non-hydrogen) atoms. The van der Waals surface area contributed by atoms with Gasteiger partial charge in [-0.3, -0.25) is 14.7 Å². The molecule has 2 aliphatic rings. The molecule has 11 heteroatoms. The molecule has 0 aliphatic carbocycles. The van der Waals surface area contributed by atoms with Gasteiger partial charge in [-0.05, 0) is 55.2 Å². The predicted octanol–water partition coefficient (Wildman–Crippen LogP) is 1.72. The Morgan fingerprint density at radius 1 is 0.914 bits per heavy atom. The highest BCUT2D eigenvalue weighted by Crippen LogP contribution is 2.20. The quantitative estimate of drug-likeness (QED) is 0.598. The van der Waals surface area contributed by atoms with Gasteiger partial charge in [-0.25, -0.2) is 13.2 Å². The summed E-state index contributed by atoms with van der Waals surface area (Å²) in [4.78, 5) is 32.8. The Kier molecular flexibility index (Phi) is 8.32. The number of rotatable bonds is 7. The number of likely N-dealkylation sites (tertiary alicyclic amines) is 1. The largest absolute Gasteiger partial charge is 0.342 e. The smallest absolute Gasteiger partial charge is 0.319 e. The maximum Gasteiger partial charge on any atom is 0.319 e. The average Bonchev–Trinajstić information content (AvgIpc) is 2.89. The highest BCUT2D eigenvalue weighted by molar-refractivity contribution is 7.89. The van der Waals surface area contributed by atoms with Crippen LogP contribution in [0.5, 0.6) is 0 Å². The van der Waals surface area contributed by atoms with Crippen LogP contribution in [0.3, 0.4) is 0 Å². The Labute approximate surface area is 206 Å². The standard InChI is InChI=1S/C24H32N6O4S/c31-23(29-11-2-1-3-12-29)19-28-13-15-30(16-14-28)35(33,34)22-8-6-21(7-9-22)27-24(32)26-18-20-5-4-10-25-17-20/h4-10,17H,1-3,11-16,18-19H2,(H2,26,27,32). The van der Waals surface area contributed by atoms with Crippen molar-refractivity contribution in [2.45, 2.75) is 30.7 Å². The molecule has 0 bridgehead atoms. The van der Waals surface area contributed by atoms with Crippen LogP contribution in [0.25, 0.3) is 0 Å². The van der Waals surface area contributed by atoms with E-state index in [0.717, 1.165) is 31.5 Å². The van der Waals surface area contributed by atoms with Crippen LogP contribution in [0.1, 0.15) is 24.8 Å². The molecule has 2 saturated heterocycles. The van der Waals surface area contributed by atoms with Crippen LogP contribution in [0, 0.1) is 0 Å². The van der Waals surface area contributed by atoms with Crippen LogP contribution in [0.4, 0.5) is 10.5 Å². The van der Waals surface area contributed by atoms with Crippen LogP contribution in [0.2, 0.25) is 0 Å². The van der Waals surface area contributed by atoms with Crippen molar-refractivity contribution in [1.29, 1.82) is 0 Å². The van der Waals surface area contributed by atoms with Crippen molar-refractivity contribution in [2.75, 3.05) is 51.1 Å². The van der Waals surface area contributed by atoms with Crippen molar-refractivity contribution in [3.05, 3.63) is 54.4 Å². The second-order valence-corrected chi connectivity index (χ2v) is 10.8. The summed E-state index contributed by atoms with van der Waals surface area (Å²) in [5.74, 6) is 0.133. The van der Waals surface area contributed by atoms with Gasteiger partial charge in [0.15, 0.2) is 0 Å². The van der Waals surface area contributed by atoms with Gasteiger partial charge < -0.3 is 15.5 Å². The van der Waals surface area contributed by atoms with Crippen LogP contribution < -0.4 is 10.6 Å². The fraction of sp³-hybridized carbons (Fsp3) is 0.458. The van der Waals surface area contributed by atoms with E-state index in [0.29, 0.717) is 45.0 Å². The zero-order valence-electron chi connectivity index (χ0n) is 19.7. The molecule has 0 spiro atoms. The Morgan fingerprint density at radius 2 is 1.63 bits per heavy atom. The molecular formula is C24H32N6O4S. The molecule has 0 radical (unpaired) electrons. The SMILES string of the molecule is O=C(NCc1cccnc1)Nc1ccc(S(=O)(=O)N2CCN(CC(=O)N3CCCCC3)CC2)cc1. The Bertz CT molecular complexity index is 1100. The first-order chi connectivity index (χ1) is 16.9. The van der Waals surface area contributed by atoms with Crippen LogP contribution in [-0.4, -0.2) is 85.3 Å². The van der Waals surface area contributed by atoms with E-state index < -0.39 is 10.0 Å². The Morgan fingerprint density at radius 3 is 2.29 bits per heavy atom. The number of piperazine rings is 1. The van der Waals surface area contributed by atoms with Gasteiger partial charge in [0.1, 0.15) is 0 Å². The maximum absolute atomic E-state index is 13.1. The zero-order valence-corrected chi connectivity index (χ0v) is 20.5. The van der Waals surface area contributed by atoms with Gasteiger partial charge in [-0.1, -0.05) is 6.07 Å². The first kappa shape index (κ1) is 25.1. The third-order valence-electron chi connectivity index (χ3n) is 6.32. The minimum Gasteiger partial charge on any atom is -0.342 e. The number of hydrogen-bond acceptors (Lipinski definition) is 6. The lowest BCUT2D eigenvalue weighted by atomic mass is 10.1. The summed E-state index contributed by atoms with van der Waals surface area (Å²) in [7, 11) is -3.65. The summed E-state index contributed by atoms with van der Waals surface area (Å²) < 4.78 is 27.6. The molecule has 0 saturated carbocycles. The van der Waals surface area contributed by atoms with Gasteiger partial charge in [-0.2, -0.15) is 4.31 Å². The van der Waals surface area contributed by atoms with Gasteiger partial charge in [0.25, 0.3) is 0 Å². The minimum atomic E-state index is -3.65. The molecule has 1 aromatic carbocycles. The number of benzene rings is 1. The maximum atomic E-state index is 13.1. The zero-order chi connectivity index (χ0) is 24.7. The highest BCUT2D eigenvalue weighted by atomic mass is 32.2. The number of anilines is 1. The van der Waals surface area contributed by atoms with E-state index in [9.17, 15) is 18.0 Å². The highest BCUT2D eigenvalue weighted by Gasteiger charge is 2.30. The summed E-state index contributed by atoms with van der Waals surface area (Å²) in [5.41, 5.74) is 1.37. The predicted molar refractivity (Wildman–Crippen MR) is 132 cm³/mol. The second-order valence-electron chi connectivity index (χ2n) is 8.82. The van der Waals surface area contributed by atoms with Gasteiger partial charge in [0.2, 0.25) is 15.9 Å². The Hall–Kier alpha value is -3.02. The molecule has 188 valence electrons. The summed E-state index contributed by atoms with van der Waals surface area (Å²) in [5, 5.41) is 5.43. The molecule has 2 N–H and O–H groups in total. The third kappa shape index (κ3) is 6.77. The number of hydrogen-bond donors (Lipinski definition) is 2. The number of amides is 3. The molecule has 2 aromatic rings. The first-order valence-electron chi connectivity index (χ1n) is 12.0. The van der Waals surface area contributed by atoms with Crippen molar-refractivity contribution in [3.8, 4) is 0 Å². The molecular weight excluding hydrogens is 468 g/mol. The fourth-order valence-electron chi connectivity index (χ4n) is 4.28. The summed E-state index contributed by atoms with van der Waals surface area (Å²) in [6.07, 6.45) is 6.63. The number of sulfonamides is 1. The van der Waals surface area contributed by atoms with E-state index >= 15 is 0 Å². The summed E-state index contributed by atoms with van der Waals surface area (Å²) >= 11 is 0. The van der Waals surface area contributed by atoms with Crippen LogP contribution >= 0.6 is 0 Å². The van der Waals surface area contributed by atoms with E-state index in [-0.39, 0.29) is 16.8 Å². The van der Waals surface area contributed by atoms with E-state index in [1.165, 1.54) is 22.9 Å². The topological polar surface area (TPSA) is 115 Å². The number of carbonyl (C=O) groups excluding carboxylic acids is 2. The summed E-state index contributed by atoms with van der Waals surface area (Å²) in [6, 6.07) is 9.41. The van der Waals surface area contributed by atoms with Crippen molar-refractivity contribution < 1.29 is 18.0 Å². The first-order valence-corrected chi connectivity index (χ1v) is 13.4. The lowest BCUT2D eigenvalue weighted by Gasteiger charge is -2.35. The van der Waals surface area contributed by atoms with Crippen LogP contribution in [-0.2, 0) is 21.4 Å². The van der Waals surface area contributed by atoms with Gasteiger partial charge >= 0.3 is 6.03 Å². The average molecular weight is 501 g/mol. The lowest BCUT2D eigenvalue weighted by Crippen LogP contribution is -2.51. The molecule has 0 atom stereocenters. The van der Waals surface area contributed by atoms with Gasteiger partial charge in [0.05, 0.1) is 11.4 Å². The molecule has 4 rings (SSSR count). The summed E-state index contributed by atoms with van der Waals surface area (Å²) in [6.45, 7) is 4.05. The van der Waals surface area contributed by atoms with Gasteiger partial charge in [0, 0.05) is 63.9 Å². The number of piperidine rings is 1. The Balaban J connectivity index is 1.25. The monoisotopic (exact) mass is 500 g/mol. The fourth-order valence-corrected chi connectivity index (χ4v) is 5.70. The van der Waals surface area contributed by atoms with Gasteiger partial charge in [-0.15, -0.1) is 0 Å². The number of nitrogens with one attached hydrogen (secondary N) is 2. The van der Waals surface area contributed by atoms with E-state index in [1.807, 2.05) is 15.9 Å². The molecule has 3 amide bonds. The van der Waals surface area contributed by atoms with Crippen molar-refractivity contribution in [3.63, 3.8) is 0 Å². The van der Waals surface area contributed by atoms with Crippen molar-refractivity contribution >= 4 is 27.6 Å². The molecule has 2 fully saturated rings. The second kappa shape index (κ2) is 11.6. The third-order valence-corrected chi connectivity index (χ3v) is 8.24. The van der Waals surface area contributed by atoms with E-state index in [4.69, 9.17) is 0 Å². The minimum absolute atomic E-state index is 0.133. The van der Waals surface area contributed by atoms with Crippen LogP contribution in [0.15, 0.2) is 53.7 Å². The molecule has 1 aromatic heterocycles. The van der Waals surface area contributed by atoms with E-state index in [1.54, 1.807) is 30.6 Å². The number of carbonyl (C=O) groups is 2. The number of pyridine rings is 1. The molecule has 3 heterocycles. The molecule has 2 aliphatic heterocycles. The van der Waals surface area contributed by atoms with Crippen molar-refractivity contribution in [2.24, 2.45) is 0 Å². The molecule has 0 unspecified atom stereocenters. The van der Waals surface area contributed by atoms with E-state index in [2.05, 4.69) is 15.6 Å². The number of nitrogens with zero attached hydrogens (tertiary/aromatic N) is 4. The normalized spacial score (nSPS) is 17.7.